The van der Waals surface area contributed by atoms with Crippen molar-refractivity contribution in [2.45, 2.75) is 63.7 Å². The van der Waals surface area contributed by atoms with E-state index >= 15 is 8.78 Å². The molecule has 0 N–H and O–H groups in total. The molecule has 1 aliphatic carbocycles. The molecule has 3 rings (SSSR count). The van der Waals surface area contributed by atoms with Gasteiger partial charge < -0.3 is 0 Å². The second kappa shape index (κ2) is 13.2. The first-order chi connectivity index (χ1) is 17.4. The van der Waals surface area contributed by atoms with Gasteiger partial charge in [-0.25, -0.2) is 17.6 Å². The average Bonchev–Trinajstić information content (AvgIpc) is 2.90. The molecule has 1 aliphatic heterocycles. The SMILES string of the molecule is C=CCCC1=CCC(c2ccc(C3C=CC(C/C(F)=C(F)\C(=C/C)CCC=C)=CC3)c(F)c2F)C=N1. The lowest BCUT2D eigenvalue weighted by molar-refractivity contribution is 0.483. The van der Waals surface area contributed by atoms with Gasteiger partial charge in [0.2, 0.25) is 0 Å². The zero-order chi connectivity index (χ0) is 26.1. The molecule has 0 aromatic heterocycles. The monoisotopic (exact) mass is 495 g/mol. The minimum atomic E-state index is -0.870. The molecule has 1 aromatic carbocycles. The van der Waals surface area contributed by atoms with Crippen molar-refractivity contribution in [2.75, 3.05) is 0 Å². The van der Waals surface area contributed by atoms with E-state index in [2.05, 4.69) is 18.2 Å². The molecule has 2 aliphatic rings. The molecule has 0 saturated heterocycles. The van der Waals surface area contributed by atoms with Crippen LogP contribution >= 0.6 is 0 Å². The van der Waals surface area contributed by atoms with Crippen molar-refractivity contribution in [3.8, 4) is 0 Å². The third-order valence-corrected chi connectivity index (χ3v) is 6.60. The van der Waals surface area contributed by atoms with Crippen molar-refractivity contribution in [3.63, 3.8) is 0 Å². The van der Waals surface area contributed by atoms with Crippen molar-refractivity contribution >= 4 is 6.21 Å². The summed E-state index contributed by atoms with van der Waals surface area (Å²) < 4.78 is 59.1. The third-order valence-electron chi connectivity index (χ3n) is 6.60. The van der Waals surface area contributed by atoms with Crippen LogP contribution in [-0.4, -0.2) is 6.21 Å². The highest BCUT2D eigenvalue weighted by atomic mass is 19.2. The summed E-state index contributed by atoms with van der Waals surface area (Å²) in [5.74, 6) is -4.09. The predicted molar refractivity (Wildman–Crippen MR) is 141 cm³/mol. The van der Waals surface area contributed by atoms with Crippen LogP contribution in [0.2, 0.25) is 0 Å². The van der Waals surface area contributed by atoms with Crippen molar-refractivity contribution in [1.82, 2.24) is 0 Å². The van der Waals surface area contributed by atoms with Crippen LogP contribution in [0.4, 0.5) is 17.6 Å². The molecule has 1 aromatic rings. The van der Waals surface area contributed by atoms with Gasteiger partial charge in [-0.05, 0) is 67.7 Å². The Labute approximate surface area is 211 Å². The summed E-state index contributed by atoms with van der Waals surface area (Å²) in [5.41, 5.74) is 2.39. The maximum Gasteiger partial charge on any atom is 0.162 e. The van der Waals surface area contributed by atoms with E-state index in [1.54, 1.807) is 55.7 Å². The number of allylic oxidation sites excluding steroid dienone is 12. The summed E-state index contributed by atoms with van der Waals surface area (Å²) in [5, 5.41) is 0. The number of halogens is 4. The van der Waals surface area contributed by atoms with E-state index in [4.69, 9.17) is 0 Å². The molecule has 1 nitrogen and oxygen atoms in total. The van der Waals surface area contributed by atoms with E-state index < -0.39 is 23.3 Å². The molecule has 190 valence electrons. The van der Waals surface area contributed by atoms with E-state index in [-0.39, 0.29) is 29.4 Å². The van der Waals surface area contributed by atoms with Gasteiger partial charge in [-0.2, -0.15) is 0 Å². The molecule has 0 amide bonds. The van der Waals surface area contributed by atoms with Crippen LogP contribution in [0.3, 0.4) is 0 Å². The van der Waals surface area contributed by atoms with Gasteiger partial charge in [-0.15, -0.1) is 13.2 Å². The van der Waals surface area contributed by atoms with E-state index in [0.717, 1.165) is 18.5 Å². The number of benzene rings is 1. The van der Waals surface area contributed by atoms with Crippen LogP contribution in [0.1, 0.15) is 74.8 Å². The second-order valence-corrected chi connectivity index (χ2v) is 9.03. The predicted octanol–water partition coefficient (Wildman–Crippen LogP) is 9.80. The summed E-state index contributed by atoms with van der Waals surface area (Å²) in [4.78, 5) is 4.39. The van der Waals surface area contributed by atoms with Crippen LogP contribution in [-0.2, 0) is 0 Å². The van der Waals surface area contributed by atoms with Gasteiger partial charge in [0.05, 0.1) is 0 Å². The van der Waals surface area contributed by atoms with Crippen LogP contribution in [0, 0.1) is 11.6 Å². The second-order valence-electron chi connectivity index (χ2n) is 9.03. The first-order valence-corrected chi connectivity index (χ1v) is 12.4. The van der Waals surface area contributed by atoms with Gasteiger partial charge in [0.1, 0.15) is 5.83 Å². The highest BCUT2D eigenvalue weighted by molar-refractivity contribution is 5.71. The number of hydrogen-bond donors (Lipinski definition) is 0. The Balaban J connectivity index is 1.67. The van der Waals surface area contributed by atoms with Crippen LogP contribution in [0.25, 0.3) is 0 Å². The van der Waals surface area contributed by atoms with Crippen LogP contribution in [0.5, 0.6) is 0 Å². The Hall–Kier alpha value is -3.21. The summed E-state index contributed by atoms with van der Waals surface area (Å²) in [6.07, 6.45) is 17.2. The molecule has 36 heavy (non-hydrogen) atoms. The Bertz CT molecular complexity index is 1160. The van der Waals surface area contributed by atoms with Crippen LogP contribution in [0.15, 0.2) is 101 Å². The zero-order valence-corrected chi connectivity index (χ0v) is 20.8. The van der Waals surface area contributed by atoms with Gasteiger partial charge >= 0.3 is 0 Å². The van der Waals surface area contributed by atoms with Crippen molar-refractivity contribution in [1.29, 1.82) is 0 Å². The van der Waals surface area contributed by atoms with Crippen molar-refractivity contribution < 1.29 is 17.6 Å². The van der Waals surface area contributed by atoms with Gasteiger partial charge in [-0.3, -0.25) is 4.99 Å². The maximum absolute atomic E-state index is 15.1. The fraction of sp³-hybridized carbons (Fsp3) is 0.323. The van der Waals surface area contributed by atoms with E-state index in [1.165, 1.54) is 0 Å². The van der Waals surface area contributed by atoms with Gasteiger partial charge in [0, 0.05) is 30.2 Å². The molecule has 0 bridgehead atoms. The highest BCUT2D eigenvalue weighted by Crippen LogP contribution is 2.35. The molecule has 0 saturated carbocycles. The Morgan fingerprint density at radius 1 is 1.00 bits per heavy atom. The molecule has 0 spiro atoms. The van der Waals surface area contributed by atoms with Gasteiger partial charge in [-0.1, -0.05) is 54.7 Å². The lowest BCUT2D eigenvalue weighted by Crippen LogP contribution is -2.10. The molecular formula is C31H33F4N. The van der Waals surface area contributed by atoms with E-state index in [9.17, 15) is 8.78 Å². The molecule has 0 radical (unpaired) electrons. The third kappa shape index (κ3) is 6.71. The van der Waals surface area contributed by atoms with Crippen molar-refractivity contribution in [2.24, 2.45) is 4.99 Å². The number of aliphatic imine (C=N–C) groups is 1. The normalized spacial score (nSPS) is 20.5. The highest BCUT2D eigenvalue weighted by Gasteiger charge is 2.24. The Morgan fingerprint density at radius 3 is 2.22 bits per heavy atom. The van der Waals surface area contributed by atoms with E-state index in [1.807, 2.05) is 12.2 Å². The molecule has 5 heteroatoms. The molecule has 2 atom stereocenters. The molecule has 2 unspecified atom stereocenters. The Morgan fingerprint density at radius 2 is 1.67 bits per heavy atom. The van der Waals surface area contributed by atoms with Gasteiger partial charge in [0.15, 0.2) is 17.5 Å². The standard InChI is InChI=1S/C31H33F4N/c1-4-7-9-22(6-3)29(33)28(32)19-21-11-13-23(14-12-21)26-17-18-27(31(35)30(26)34)24-15-16-25(36-20-24)10-8-5-2/h4-6,11-13,16-18,20,23-24H,1-2,7-10,14-15,19H2,3H3/b22-6-,29-28-. The largest absolute Gasteiger partial charge is 0.265 e. The number of nitrogens with zero attached hydrogens (tertiary/aromatic N) is 1. The smallest absolute Gasteiger partial charge is 0.162 e. The topological polar surface area (TPSA) is 12.4 Å². The average molecular weight is 496 g/mol. The quantitative estimate of drug-likeness (QED) is 0.165. The summed E-state index contributed by atoms with van der Waals surface area (Å²) in [7, 11) is 0. The first-order valence-electron chi connectivity index (χ1n) is 12.4. The fourth-order valence-electron chi connectivity index (χ4n) is 4.43. The summed E-state index contributed by atoms with van der Waals surface area (Å²) >= 11 is 0. The maximum atomic E-state index is 15.1. The minimum Gasteiger partial charge on any atom is -0.265 e. The van der Waals surface area contributed by atoms with E-state index in [0.29, 0.717) is 36.8 Å². The first kappa shape index (κ1) is 27.4. The number of rotatable bonds is 11. The molecular weight excluding hydrogens is 462 g/mol. The van der Waals surface area contributed by atoms with Crippen molar-refractivity contribution in [3.05, 3.63) is 119 Å². The minimum absolute atomic E-state index is 0.181. The van der Waals surface area contributed by atoms with Crippen LogP contribution < -0.4 is 0 Å². The summed E-state index contributed by atoms with van der Waals surface area (Å²) in [6.45, 7) is 8.98. The lowest BCUT2D eigenvalue weighted by Gasteiger charge is -2.21. The zero-order valence-electron chi connectivity index (χ0n) is 20.8. The summed E-state index contributed by atoms with van der Waals surface area (Å²) in [6, 6.07) is 3.24. The molecule has 0 fully saturated rings. The molecule has 1 heterocycles. The lowest BCUT2D eigenvalue weighted by atomic mass is 9.86. The fourth-order valence-corrected chi connectivity index (χ4v) is 4.43. The number of hydrogen-bond acceptors (Lipinski definition) is 1. The van der Waals surface area contributed by atoms with Gasteiger partial charge in [0.25, 0.3) is 0 Å². The Kier molecular flexibility index (Phi) is 10.0.